The van der Waals surface area contributed by atoms with Crippen LogP contribution in [-0.4, -0.2) is 39.7 Å². The number of rotatable bonds is 7. The van der Waals surface area contributed by atoms with E-state index in [2.05, 4.69) is 15.2 Å². The van der Waals surface area contributed by atoms with Crippen LogP contribution in [0.2, 0.25) is 0 Å². The van der Waals surface area contributed by atoms with E-state index in [-0.39, 0.29) is 11.9 Å². The Kier molecular flexibility index (Phi) is 5.52. The van der Waals surface area contributed by atoms with Gasteiger partial charge in [0.15, 0.2) is 11.5 Å². The van der Waals surface area contributed by atoms with Gasteiger partial charge in [0.1, 0.15) is 5.69 Å². The highest BCUT2D eigenvalue weighted by Crippen LogP contribution is 2.45. The second-order valence-corrected chi connectivity index (χ2v) is 7.76. The maximum absolute atomic E-state index is 13.5. The fraction of sp³-hybridized carbons (Fsp3) is 0.192. The number of nitrogens with zero attached hydrogens (tertiary/aromatic N) is 3. The van der Waals surface area contributed by atoms with Crippen LogP contribution in [0, 0.1) is 0 Å². The maximum Gasteiger partial charge on any atom is 0.273 e. The summed E-state index contributed by atoms with van der Waals surface area (Å²) in [5.74, 6) is 1.21. The quantitative estimate of drug-likeness (QED) is 0.453. The average molecular weight is 441 g/mol. The molecule has 2 aromatic carbocycles. The third-order valence-electron chi connectivity index (χ3n) is 5.82. The van der Waals surface area contributed by atoms with Gasteiger partial charge in [-0.05, 0) is 42.3 Å². The third-order valence-corrected chi connectivity index (χ3v) is 5.82. The second-order valence-electron chi connectivity index (χ2n) is 7.76. The van der Waals surface area contributed by atoms with Gasteiger partial charge in [-0.2, -0.15) is 5.10 Å². The predicted octanol–water partition coefficient (Wildman–Crippen LogP) is 4.62. The molecule has 1 N–H and O–H groups in total. The number of aromatic nitrogens is 3. The molecule has 0 fully saturated rings. The molecule has 0 saturated heterocycles. The molecule has 1 aliphatic rings. The van der Waals surface area contributed by atoms with Crippen molar-refractivity contribution in [1.29, 1.82) is 0 Å². The number of ether oxygens (including phenoxy) is 2. The molecule has 1 aliphatic heterocycles. The lowest BCUT2D eigenvalue weighted by atomic mass is 9.95. The predicted molar refractivity (Wildman–Crippen MR) is 124 cm³/mol. The minimum absolute atomic E-state index is 0.0886. The van der Waals surface area contributed by atoms with Gasteiger partial charge in [0.25, 0.3) is 5.91 Å². The molecular formula is C26H24N4O3. The second kappa shape index (κ2) is 8.78. The molecule has 4 aromatic rings. The molecule has 7 heteroatoms. The molecule has 1 atom stereocenters. The Bertz CT molecular complexity index is 1270. The number of nitrogens with one attached hydrogen (secondary N) is 1. The number of carbonyl (C=O) groups is 1. The van der Waals surface area contributed by atoms with Gasteiger partial charge in [-0.15, -0.1) is 0 Å². The van der Waals surface area contributed by atoms with Crippen molar-refractivity contribution < 1.29 is 14.3 Å². The van der Waals surface area contributed by atoms with Crippen molar-refractivity contribution in [2.45, 2.75) is 19.5 Å². The van der Waals surface area contributed by atoms with Gasteiger partial charge in [0.2, 0.25) is 0 Å². The zero-order chi connectivity index (χ0) is 22.8. The smallest absolute Gasteiger partial charge is 0.273 e. The van der Waals surface area contributed by atoms with Crippen LogP contribution in [0.3, 0.4) is 0 Å². The summed E-state index contributed by atoms with van der Waals surface area (Å²) in [6.07, 6.45) is 3.47. The summed E-state index contributed by atoms with van der Waals surface area (Å²) in [5.41, 5.74) is 5.04. The standard InChI is InChI=1S/C26H24N4O3/c1-3-33-20-10-9-19(15-21(20)32-2)25-22-23(18-7-5-4-6-8-18)28-29-24(22)26(31)30(25)16-17-11-13-27-14-12-17/h4-15,25H,3,16H2,1-2H3,(H,28,29). The Morgan fingerprint density at radius 1 is 1.03 bits per heavy atom. The van der Waals surface area contributed by atoms with E-state index >= 15 is 0 Å². The summed E-state index contributed by atoms with van der Waals surface area (Å²) >= 11 is 0. The SMILES string of the molecule is CCOc1ccc(C2c3c(-c4ccccc4)n[nH]c3C(=O)N2Cc2ccncc2)cc1OC. The maximum atomic E-state index is 13.5. The van der Waals surface area contributed by atoms with Gasteiger partial charge < -0.3 is 14.4 Å². The van der Waals surface area contributed by atoms with Gasteiger partial charge in [0, 0.05) is 30.1 Å². The zero-order valence-corrected chi connectivity index (χ0v) is 18.5. The zero-order valence-electron chi connectivity index (χ0n) is 18.5. The number of hydrogen-bond donors (Lipinski definition) is 1. The van der Waals surface area contributed by atoms with Gasteiger partial charge in [-0.3, -0.25) is 14.9 Å². The molecule has 33 heavy (non-hydrogen) atoms. The average Bonchev–Trinajstić information content (AvgIpc) is 3.40. The molecule has 0 aliphatic carbocycles. The molecule has 3 heterocycles. The Labute approximate surface area is 192 Å². The first kappa shape index (κ1) is 20.8. The van der Waals surface area contributed by atoms with Gasteiger partial charge in [-0.1, -0.05) is 36.4 Å². The highest BCUT2D eigenvalue weighted by molar-refractivity contribution is 6.00. The first-order valence-corrected chi connectivity index (χ1v) is 10.9. The molecule has 0 saturated carbocycles. The number of methoxy groups -OCH3 is 1. The summed E-state index contributed by atoms with van der Waals surface area (Å²) in [4.78, 5) is 19.5. The summed E-state index contributed by atoms with van der Waals surface area (Å²) in [6, 6.07) is 19.2. The van der Waals surface area contributed by atoms with Crippen molar-refractivity contribution in [2.24, 2.45) is 0 Å². The third kappa shape index (κ3) is 3.71. The summed E-state index contributed by atoms with van der Waals surface area (Å²) in [6.45, 7) is 2.91. The fourth-order valence-electron chi connectivity index (χ4n) is 4.34. The van der Waals surface area contributed by atoms with Crippen LogP contribution in [0.25, 0.3) is 11.3 Å². The van der Waals surface area contributed by atoms with Crippen molar-refractivity contribution in [1.82, 2.24) is 20.1 Å². The van der Waals surface area contributed by atoms with Crippen molar-refractivity contribution >= 4 is 5.91 Å². The van der Waals surface area contributed by atoms with Crippen LogP contribution in [0.5, 0.6) is 11.5 Å². The van der Waals surface area contributed by atoms with E-state index in [1.807, 2.05) is 72.5 Å². The van der Waals surface area contributed by atoms with Gasteiger partial charge in [-0.25, -0.2) is 0 Å². The van der Waals surface area contributed by atoms with Gasteiger partial charge in [0.05, 0.1) is 25.5 Å². The van der Waals surface area contributed by atoms with Crippen molar-refractivity contribution in [2.75, 3.05) is 13.7 Å². The van der Waals surface area contributed by atoms with Crippen LogP contribution in [0.15, 0.2) is 73.1 Å². The molecule has 0 bridgehead atoms. The highest BCUT2D eigenvalue weighted by Gasteiger charge is 2.42. The molecule has 2 aromatic heterocycles. The minimum atomic E-state index is -0.334. The van der Waals surface area contributed by atoms with Crippen LogP contribution in [-0.2, 0) is 6.54 Å². The highest BCUT2D eigenvalue weighted by atomic mass is 16.5. The first-order chi connectivity index (χ1) is 16.2. The van der Waals surface area contributed by atoms with E-state index in [0.717, 1.165) is 27.9 Å². The van der Waals surface area contributed by atoms with E-state index in [0.29, 0.717) is 30.3 Å². The van der Waals surface area contributed by atoms with Crippen LogP contribution in [0.1, 0.15) is 40.1 Å². The van der Waals surface area contributed by atoms with Crippen LogP contribution >= 0.6 is 0 Å². The molecular weight excluding hydrogens is 416 g/mol. The Morgan fingerprint density at radius 3 is 2.55 bits per heavy atom. The van der Waals surface area contributed by atoms with Crippen molar-refractivity contribution in [3.8, 4) is 22.8 Å². The van der Waals surface area contributed by atoms with E-state index in [9.17, 15) is 4.79 Å². The van der Waals surface area contributed by atoms with Crippen LogP contribution in [0.4, 0.5) is 0 Å². The fourth-order valence-corrected chi connectivity index (χ4v) is 4.34. The number of hydrogen-bond acceptors (Lipinski definition) is 5. The Hall–Kier alpha value is -4.13. The summed E-state index contributed by atoms with van der Waals surface area (Å²) < 4.78 is 11.3. The molecule has 0 radical (unpaired) electrons. The lowest BCUT2D eigenvalue weighted by molar-refractivity contribution is 0.0730. The Balaban J connectivity index is 1.65. The van der Waals surface area contributed by atoms with Gasteiger partial charge >= 0.3 is 0 Å². The molecule has 5 rings (SSSR count). The molecule has 166 valence electrons. The van der Waals surface area contributed by atoms with Crippen molar-refractivity contribution in [3.05, 3.63) is 95.4 Å². The first-order valence-electron chi connectivity index (χ1n) is 10.9. The van der Waals surface area contributed by atoms with Crippen molar-refractivity contribution in [3.63, 3.8) is 0 Å². The largest absolute Gasteiger partial charge is 0.493 e. The number of pyridine rings is 1. The molecule has 1 amide bonds. The topological polar surface area (TPSA) is 80.3 Å². The minimum Gasteiger partial charge on any atom is -0.493 e. The number of benzene rings is 2. The number of H-pyrrole nitrogens is 1. The summed E-state index contributed by atoms with van der Waals surface area (Å²) in [7, 11) is 1.62. The molecule has 7 nitrogen and oxygen atoms in total. The number of carbonyl (C=O) groups excluding carboxylic acids is 1. The van der Waals surface area contributed by atoms with E-state index in [4.69, 9.17) is 9.47 Å². The number of fused-ring (bicyclic) bond motifs is 1. The number of aromatic amines is 1. The lowest BCUT2D eigenvalue weighted by Gasteiger charge is -2.27. The monoisotopic (exact) mass is 440 g/mol. The normalized spacial score (nSPS) is 14.9. The molecule has 1 unspecified atom stereocenters. The Morgan fingerprint density at radius 2 is 1.82 bits per heavy atom. The van der Waals surface area contributed by atoms with E-state index < -0.39 is 0 Å². The van der Waals surface area contributed by atoms with E-state index in [1.54, 1.807) is 19.5 Å². The lowest BCUT2D eigenvalue weighted by Crippen LogP contribution is -2.29. The molecule has 0 spiro atoms. The van der Waals surface area contributed by atoms with Crippen LogP contribution < -0.4 is 9.47 Å². The number of amides is 1. The van der Waals surface area contributed by atoms with E-state index in [1.165, 1.54) is 0 Å². The summed E-state index contributed by atoms with van der Waals surface area (Å²) in [5, 5.41) is 7.53.